The minimum Gasteiger partial charge on any atom is -0.309 e. The number of anilines is 3. The maximum Gasteiger partial charge on any atom is 0.0645 e. The molecule has 0 saturated carbocycles. The molecule has 0 atom stereocenters. The van der Waals surface area contributed by atoms with Crippen LogP contribution < -0.4 is 4.90 Å². The fourth-order valence-electron chi connectivity index (χ4n) is 6.47. The molecule has 0 aliphatic heterocycles. The number of nitrogens with zero attached hydrogens (tertiary/aromatic N) is 1. The van der Waals surface area contributed by atoms with E-state index in [0.717, 1.165) is 48.7 Å². The van der Waals surface area contributed by atoms with E-state index in [4.69, 9.17) is 12.3 Å². The molecule has 0 amide bonds. The number of aryl methyl sites for hydroxylation is 1. The van der Waals surface area contributed by atoms with Gasteiger partial charge in [0.05, 0.1) is 29.2 Å². The van der Waals surface area contributed by atoms with Gasteiger partial charge in [-0.2, -0.15) is 0 Å². The van der Waals surface area contributed by atoms with Gasteiger partial charge in [-0.3, -0.25) is 0 Å². The first kappa shape index (κ1) is 17.7. The van der Waals surface area contributed by atoms with Crippen molar-refractivity contribution in [3.63, 3.8) is 0 Å². The molecule has 0 aliphatic rings. The third kappa shape index (κ3) is 4.80. The van der Waals surface area contributed by atoms with Crippen molar-refractivity contribution in [1.82, 2.24) is 0 Å². The van der Waals surface area contributed by atoms with Gasteiger partial charge in [-0.25, -0.2) is 0 Å². The molecule has 0 aliphatic carbocycles. The van der Waals surface area contributed by atoms with Crippen LogP contribution in [0.3, 0.4) is 0 Å². The Kier molecular flexibility index (Phi) is 4.25. The van der Waals surface area contributed by atoms with Crippen molar-refractivity contribution in [2.45, 2.75) is 6.92 Å². The molecule has 0 N–H and O–H groups in total. The molecule has 0 radical (unpaired) electrons. The van der Waals surface area contributed by atoms with Crippen molar-refractivity contribution in [1.29, 1.82) is 0 Å². The van der Waals surface area contributed by atoms with E-state index >= 15 is 0 Å². The second-order valence-corrected chi connectivity index (χ2v) is 11.6. The van der Waals surface area contributed by atoms with Crippen LogP contribution in [0, 0.1) is 6.92 Å². The fraction of sp³-hybridized carbons (Fsp3) is 0.0213. The van der Waals surface area contributed by atoms with Crippen LogP contribution in [0.5, 0.6) is 0 Å². The number of hydrogen-bond donors (Lipinski definition) is 0. The number of rotatable bonds is 5. The van der Waals surface area contributed by atoms with E-state index in [-0.39, 0.29) is 5.69 Å². The topological polar surface area (TPSA) is 3.24 Å². The zero-order valence-corrected chi connectivity index (χ0v) is 25.8. The summed E-state index contributed by atoms with van der Waals surface area (Å²) in [5.74, 6) is 0. The number of benzene rings is 9. The predicted molar refractivity (Wildman–Crippen MR) is 207 cm³/mol. The number of hydrogen-bond acceptors (Lipinski definition) is 1. The third-order valence-electron chi connectivity index (χ3n) is 8.68. The summed E-state index contributed by atoms with van der Waals surface area (Å²) in [4.78, 5) is 1.75. The molecule has 0 aromatic heterocycles. The molecule has 0 bridgehead atoms. The summed E-state index contributed by atoms with van der Waals surface area (Å²) in [6.45, 7) is 1.99. The Morgan fingerprint density at radius 2 is 0.854 bits per heavy atom. The van der Waals surface area contributed by atoms with Crippen LogP contribution >= 0.6 is 0 Å². The largest absolute Gasteiger partial charge is 0.309 e. The van der Waals surface area contributed by atoms with E-state index < -0.39 is 101 Å². The van der Waals surface area contributed by atoms with Gasteiger partial charge in [0.2, 0.25) is 0 Å². The molecule has 0 saturated heterocycles. The van der Waals surface area contributed by atoms with E-state index in [2.05, 4.69) is 12.1 Å². The molecule has 9 rings (SSSR count). The summed E-state index contributed by atoms with van der Waals surface area (Å²) in [5.41, 5.74) is -0.0161. The van der Waals surface area contributed by atoms with Crippen molar-refractivity contribution in [2.24, 2.45) is 0 Å². The standard InChI is InChI=1S/C47H33N/c1-32-19-28-41-38(29-32)31-47(45-18-10-8-16-43(41)45)48(46-30-37-13-5-6-14-40(37)42-15-7-9-17-44(42)46)39-26-24-36(25-27-39)35-22-20-34(21-23-35)33-11-3-2-4-12-33/h2-31H,1H3/i2D,3D,4D,11D,12D,20D,21D,22D,23D,24D,25D,26D,27D. The van der Waals surface area contributed by atoms with Crippen LogP contribution in [-0.2, 0) is 0 Å². The van der Waals surface area contributed by atoms with Crippen molar-refractivity contribution < 1.29 is 17.8 Å². The van der Waals surface area contributed by atoms with Crippen LogP contribution in [0.15, 0.2) is 182 Å². The van der Waals surface area contributed by atoms with Gasteiger partial charge in [0.25, 0.3) is 0 Å². The number of fused-ring (bicyclic) bond motifs is 6. The van der Waals surface area contributed by atoms with E-state index in [0.29, 0.717) is 11.4 Å². The maximum absolute atomic E-state index is 9.72. The Balaban J connectivity index is 1.38. The molecule has 1 heteroatoms. The molecule has 0 unspecified atom stereocenters. The third-order valence-corrected chi connectivity index (χ3v) is 8.68. The monoisotopic (exact) mass is 624 g/mol. The summed E-state index contributed by atoms with van der Waals surface area (Å²) >= 11 is 0. The predicted octanol–water partition coefficient (Wildman–Crippen LogP) is 13.4. The summed E-state index contributed by atoms with van der Waals surface area (Å²) in [7, 11) is 0. The Morgan fingerprint density at radius 1 is 0.396 bits per heavy atom. The lowest BCUT2D eigenvalue weighted by Crippen LogP contribution is -2.11. The van der Waals surface area contributed by atoms with Crippen LogP contribution in [0.1, 0.15) is 23.4 Å². The van der Waals surface area contributed by atoms with Gasteiger partial charge >= 0.3 is 0 Å². The van der Waals surface area contributed by atoms with Crippen LogP contribution in [0.4, 0.5) is 17.1 Å². The lowest BCUT2D eigenvalue weighted by molar-refractivity contribution is 1.32. The van der Waals surface area contributed by atoms with Crippen LogP contribution in [-0.4, -0.2) is 0 Å². The Hall–Kier alpha value is -6.18. The first-order valence-electron chi connectivity index (χ1n) is 22.0. The Labute approximate surface area is 299 Å². The Morgan fingerprint density at radius 3 is 1.46 bits per heavy atom. The van der Waals surface area contributed by atoms with Gasteiger partial charge in [0.1, 0.15) is 0 Å². The van der Waals surface area contributed by atoms with Crippen molar-refractivity contribution >= 4 is 60.2 Å². The van der Waals surface area contributed by atoms with E-state index in [1.165, 1.54) is 0 Å². The summed E-state index contributed by atoms with van der Waals surface area (Å²) < 4.78 is 116. The zero-order valence-electron chi connectivity index (χ0n) is 38.8. The summed E-state index contributed by atoms with van der Waals surface area (Å²) in [6, 6.07) is 24.7. The molecule has 9 aromatic rings. The summed E-state index contributed by atoms with van der Waals surface area (Å²) in [6.07, 6.45) is 0. The van der Waals surface area contributed by atoms with E-state index in [1.807, 2.05) is 97.9 Å². The van der Waals surface area contributed by atoms with E-state index in [9.17, 15) is 5.48 Å². The van der Waals surface area contributed by atoms with Crippen molar-refractivity contribution in [3.05, 3.63) is 187 Å². The minimum absolute atomic E-state index is 0.109. The first-order chi connectivity index (χ1) is 29.1. The SMILES string of the molecule is [2H]c1c([2H])c([2H])c(-c2c([2H])c([2H])c(-c3c([2H])c([2H])c(N(c4cc5ccccc5c5ccccc45)c4cc5cc(C)ccc5c5ccccc45)c([2H])c3[2H])c([2H])c2[2H])c([2H])c1[2H]. The van der Waals surface area contributed by atoms with Crippen LogP contribution in [0.2, 0.25) is 0 Å². The first-order valence-corrected chi connectivity index (χ1v) is 15.5. The quantitative estimate of drug-likeness (QED) is 0.172. The lowest BCUT2D eigenvalue weighted by atomic mass is 9.95. The van der Waals surface area contributed by atoms with Crippen LogP contribution in [0.25, 0.3) is 65.3 Å². The molecule has 48 heavy (non-hydrogen) atoms. The highest BCUT2D eigenvalue weighted by molar-refractivity contribution is 6.18. The Bertz CT molecular complexity index is 3290. The smallest absolute Gasteiger partial charge is 0.0645 e. The van der Waals surface area contributed by atoms with Crippen molar-refractivity contribution in [3.8, 4) is 22.3 Å². The second-order valence-electron chi connectivity index (χ2n) is 11.6. The molecular formula is C47H33N. The minimum atomic E-state index is -0.766. The molecule has 0 heterocycles. The average Bonchev–Trinajstić information content (AvgIpc) is 3.26. The van der Waals surface area contributed by atoms with Gasteiger partial charge < -0.3 is 4.90 Å². The fourth-order valence-corrected chi connectivity index (χ4v) is 6.47. The molecule has 1 nitrogen and oxygen atoms in total. The summed E-state index contributed by atoms with van der Waals surface area (Å²) in [5, 5.41) is 7.08. The normalized spacial score (nSPS) is 15.2. The molecule has 0 fully saturated rings. The van der Waals surface area contributed by atoms with Gasteiger partial charge in [-0.05, 0) is 85.7 Å². The average molecular weight is 625 g/mol. The van der Waals surface area contributed by atoms with Crippen molar-refractivity contribution in [2.75, 3.05) is 4.90 Å². The lowest BCUT2D eigenvalue weighted by Gasteiger charge is -2.29. The highest BCUT2D eigenvalue weighted by Gasteiger charge is 2.20. The molecule has 0 spiro atoms. The van der Waals surface area contributed by atoms with E-state index in [1.54, 1.807) is 4.90 Å². The molecule has 226 valence electrons. The van der Waals surface area contributed by atoms with Gasteiger partial charge in [0.15, 0.2) is 0 Å². The maximum atomic E-state index is 9.72. The highest BCUT2D eigenvalue weighted by atomic mass is 15.1. The molecular weight excluding hydrogens is 579 g/mol. The highest BCUT2D eigenvalue weighted by Crippen LogP contribution is 2.46. The zero-order chi connectivity index (χ0) is 43.3. The van der Waals surface area contributed by atoms with Gasteiger partial charge in [0, 0.05) is 16.5 Å². The second kappa shape index (κ2) is 11.6. The molecule has 9 aromatic carbocycles. The van der Waals surface area contributed by atoms with Gasteiger partial charge in [-0.15, -0.1) is 0 Å². The van der Waals surface area contributed by atoms with Gasteiger partial charge in [-0.1, -0.05) is 163 Å².